The maximum atomic E-state index is 10.6. The molecule has 3 aromatic heterocycles. The van der Waals surface area contributed by atoms with Crippen molar-refractivity contribution < 1.29 is 5.11 Å². The van der Waals surface area contributed by atoms with Crippen LogP contribution in [0.3, 0.4) is 0 Å². The number of nitrogens with zero attached hydrogens (tertiary/aromatic N) is 1. The Kier molecular flexibility index (Phi) is 2.80. The molecule has 0 saturated heterocycles. The van der Waals surface area contributed by atoms with E-state index in [1.807, 2.05) is 30.3 Å². The largest absolute Gasteiger partial charge is 0.383 e. The van der Waals surface area contributed by atoms with Crippen LogP contribution in [0, 0.1) is 0 Å². The second kappa shape index (κ2) is 4.66. The normalized spacial score (nSPS) is 13.1. The summed E-state index contributed by atoms with van der Waals surface area (Å²) in [6.07, 6.45) is 1.20. The summed E-state index contributed by atoms with van der Waals surface area (Å²) in [5, 5.41) is 13.7. The Bertz CT molecular complexity index is 865. The summed E-state index contributed by atoms with van der Waals surface area (Å²) < 4.78 is 2.48. The van der Waals surface area contributed by atoms with E-state index >= 15 is 0 Å². The highest BCUT2D eigenvalue weighted by molar-refractivity contribution is 7.26. The van der Waals surface area contributed by atoms with Crippen molar-refractivity contribution in [3.63, 3.8) is 0 Å². The summed E-state index contributed by atoms with van der Waals surface area (Å²) in [5.74, 6) is 0. The minimum absolute atomic E-state index is 0.578. The van der Waals surface area contributed by atoms with Crippen molar-refractivity contribution in [1.29, 1.82) is 0 Å². The Morgan fingerprint density at radius 2 is 2.00 bits per heavy atom. The molecule has 0 amide bonds. The van der Waals surface area contributed by atoms with Gasteiger partial charge in [-0.15, -0.1) is 22.7 Å². The van der Waals surface area contributed by atoms with Gasteiger partial charge in [0.15, 0.2) is 0 Å². The Labute approximate surface area is 124 Å². The van der Waals surface area contributed by atoms with Gasteiger partial charge in [0, 0.05) is 25.9 Å². The van der Waals surface area contributed by atoms with Gasteiger partial charge in [0.1, 0.15) is 6.10 Å². The van der Waals surface area contributed by atoms with E-state index in [4.69, 9.17) is 0 Å². The van der Waals surface area contributed by atoms with Crippen molar-refractivity contribution in [2.24, 2.45) is 0 Å². The van der Waals surface area contributed by atoms with Gasteiger partial charge in [0.05, 0.1) is 5.52 Å². The highest BCUT2D eigenvalue weighted by atomic mass is 32.1. The zero-order valence-corrected chi connectivity index (χ0v) is 12.1. The molecule has 0 aliphatic heterocycles. The minimum atomic E-state index is -0.578. The lowest BCUT2D eigenvalue weighted by Crippen LogP contribution is -1.97. The first-order valence-electron chi connectivity index (χ1n) is 6.31. The van der Waals surface area contributed by atoms with Gasteiger partial charge >= 0.3 is 0 Å². The van der Waals surface area contributed by atoms with E-state index in [0.29, 0.717) is 0 Å². The molecule has 3 heterocycles. The standard InChI is InChI=1S/C16H11NOS2/c18-16(15-9-14-13(20-15)5-7-19-14)11-4-3-10-2-1-6-17-12(10)8-11/h1-9,16,18H. The topological polar surface area (TPSA) is 33.1 Å². The summed E-state index contributed by atoms with van der Waals surface area (Å²) in [5.41, 5.74) is 1.81. The maximum absolute atomic E-state index is 10.6. The Balaban J connectivity index is 1.79. The van der Waals surface area contributed by atoms with Crippen molar-refractivity contribution in [3.05, 3.63) is 64.5 Å². The van der Waals surface area contributed by atoms with Gasteiger partial charge in [-0.1, -0.05) is 18.2 Å². The molecule has 1 aromatic carbocycles. The number of thiophene rings is 2. The van der Waals surface area contributed by atoms with Gasteiger partial charge in [-0.2, -0.15) is 0 Å². The monoisotopic (exact) mass is 297 g/mol. The molecule has 0 spiro atoms. The lowest BCUT2D eigenvalue weighted by atomic mass is 10.1. The van der Waals surface area contributed by atoms with Crippen LogP contribution in [0.4, 0.5) is 0 Å². The highest BCUT2D eigenvalue weighted by Crippen LogP contribution is 2.36. The van der Waals surface area contributed by atoms with E-state index < -0.39 is 6.10 Å². The average molecular weight is 297 g/mol. The number of aliphatic hydroxyl groups excluding tert-OH is 1. The first-order chi connectivity index (χ1) is 9.81. The molecule has 4 aromatic rings. The Hall–Kier alpha value is -1.75. The lowest BCUT2D eigenvalue weighted by Gasteiger charge is -2.09. The van der Waals surface area contributed by atoms with Crippen LogP contribution in [0.25, 0.3) is 20.3 Å². The molecule has 1 atom stereocenters. The van der Waals surface area contributed by atoms with E-state index in [0.717, 1.165) is 21.3 Å². The molecule has 1 N–H and O–H groups in total. The van der Waals surface area contributed by atoms with Crippen LogP contribution >= 0.6 is 22.7 Å². The third kappa shape index (κ3) is 1.93. The summed E-state index contributed by atoms with van der Waals surface area (Å²) >= 11 is 3.36. The fourth-order valence-electron chi connectivity index (χ4n) is 2.34. The smallest absolute Gasteiger partial charge is 0.113 e. The van der Waals surface area contributed by atoms with E-state index in [1.54, 1.807) is 28.9 Å². The van der Waals surface area contributed by atoms with Crippen LogP contribution in [0.15, 0.2) is 54.0 Å². The third-order valence-corrected chi connectivity index (χ3v) is 5.52. The van der Waals surface area contributed by atoms with E-state index in [-0.39, 0.29) is 0 Å². The number of aromatic nitrogens is 1. The third-order valence-electron chi connectivity index (χ3n) is 3.37. The molecule has 0 fully saturated rings. The number of fused-ring (bicyclic) bond motifs is 2. The molecule has 98 valence electrons. The van der Waals surface area contributed by atoms with Gasteiger partial charge in [-0.3, -0.25) is 4.98 Å². The number of hydrogen-bond acceptors (Lipinski definition) is 4. The van der Waals surface area contributed by atoms with Gasteiger partial charge < -0.3 is 5.11 Å². The van der Waals surface area contributed by atoms with Crippen molar-refractivity contribution in [2.75, 3.05) is 0 Å². The zero-order chi connectivity index (χ0) is 13.5. The molecule has 20 heavy (non-hydrogen) atoms. The van der Waals surface area contributed by atoms with Gasteiger partial charge in [0.2, 0.25) is 0 Å². The summed E-state index contributed by atoms with van der Waals surface area (Å²) in [7, 11) is 0. The molecule has 2 nitrogen and oxygen atoms in total. The number of hydrogen-bond donors (Lipinski definition) is 1. The van der Waals surface area contributed by atoms with Crippen molar-refractivity contribution >= 4 is 43.0 Å². The zero-order valence-electron chi connectivity index (χ0n) is 10.5. The fourth-order valence-corrected chi connectivity index (χ4v) is 4.47. The minimum Gasteiger partial charge on any atom is -0.383 e. The van der Waals surface area contributed by atoms with Crippen LogP contribution in [0.5, 0.6) is 0 Å². The summed E-state index contributed by atoms with van der Waals surface area (Å²) in [4.78, 5) is 5.33. The first-order valence-corrected chi connectivity index (χ1v) is 8.00. The van der Waals surface area contributed by atoms with Crippen molar-refractivity contribution in [2.45, 2.75) is 6.10 Å². The molecule has 0 radical (unpaired) electrons. The van der Waals surface area contributed by atoms with Crippen LogP contribution < -0.4 is 0 Å². The van der Waals surface area contributed by atoms with E-state index in [1.165, 1.54) is 9.40 Å². The fraction of sp³-hybridized carbons (Fsp3) is 0.0625. The number of rotatable bonds is 2. The van der Waals surface area contributed by atoms with Crippen LogP contribution in [0.1, 0.15) is 16.5 Å². The van der Waals surface area contributed by atoms with Crippen molar-refractivity contribution in [1.82, 2.24) is 4.98 Å². The number of benzene rings is 1. The molecular formula is C16H11NOS2. The predicted octanol–water partition coefficient (Wildman–Crippen LogP) is 4.59. The van der Waals surface area contributed by atoms with Crippen LogP contribution in [0.2, 0.25) is 0 Å². The molecule has 0 aliphatic rings. The Morgan fingerprint density at radius 3 is 2.90 bits per heavy atom. The Morgan fingerprint density at radius 1 is 1.05 bits per heavy atom. The number of aliphatic hydroxyl groups is 1. The maximum Gasteiger partial charge on any atom is 0.113 e. The lowest BCUT2D eigenvalue weighted by molar-refractivity contribution is 0.224. The first kappa shape index (κ1) is 12.0. The number of pyridine rings is 1. The summed E-state index contributed by atoms with van der Waals surface area (Å²) in [6.45, 7) is 0. The molecule has 0 saturated carbocycles. The van der Waals surface area contributed by atoms with Gasteiger partial charge in [0.25, 0.3) is 0 Å². The van der Waals surface area contributed by atoms with Gasteiger partial charge in [-0.05, 0) is 35.2 Å². The van der Waals surface area contributed by atoms with Crippen LogP contribution in [-0.4, -0.2) is 10.1 Å². The second-order valence-corrected chi connectivity index (χ2v) is 6.72. The SMILES string of the molecule is OC(c1ccc2cccnc2c1)c1cc2sccc2s1. The van der Waals surface area contributed by atoms with E-state index in [9.17, 15) is 5.11 Å². The van der Waals surface area contributed by atoms with E-state index in [2.05, 4.69) is 22.5 Å². The highest BCUT2D eigenvalue weighted by Gasteiger charge is 2.14. The second-order valence-electron chi connectivity index (χ2n) is 4.66. The molecule has 4 rings (SSSR count). The average Bonchev–Trinajstić information content (AvgIpc) is 3.07. The predicted molar refractivity (Wildman–Crippen MR) is 85.5 cm³/mol. The van der Waals surface area contributed by atoms with Crippen molar-refractivity contribution in [3.8, 4) is 0 Å². The summed E-state index contributed by atoms with van der Waals surface area (Å²) in [6, 6.07) is 14.1. The van der Waals surface area contributed by atoms with Crippen LogP contribution in [-0.2, 0) is 0 Å². The van der Waals surface area contributed by atoms with Gasteiger partial charge in [-0.25, -0.2) is 0 Å². The molecule has 0 bridgehead atoms. The molecule has 4 heteroatoms. The molecule has 0 aliphatic carbocycles. The molecular weight excluding hydrogens is 286 g/mol. The molecule has 1 unspecified atom stereocenters. The quantitative estimate of drug-likeness (QED) is 0.587.